The Morgan fingerprint density at radius 1 is 1.00 bits per heavy atom. The number of nitrogens with zero attached hydrogens (tertiary/aromatic N) is 1. The van der Waals surface area contributed by atoms with Crippen LogP contribution in [0.15, 0.2) is 54.6 Å². The highest BCUT2D eigenvalue weighted by molar-refractivity contribution is 5.35. The van der Waals surface area contributed by atoms with Gasteiger partial charge in [-0.15, -0.1) is 0 Å². The van der Waals surface area contributed by atoms with Crippen molar-refractivity contribution in [1.29, 1.82) is 0 Å². The van der Waals surface area contributed by atoms with Crippen molar-refractivity contribution < 1.29 is 5.11 Å². The van der Waals surface area contributed by atoms with Crippen molar-refractivity contribution >= 4 is 0 Å². The molecule has 0 spiro atoms. The molecular weight excluding hydrogens is 282 g/mol. The van der Waals surface area contributed by atoms with Gasteiger partial charge in [0.05, 0.1) is 0 Å². The molecule has 3 fully saturated rings. The second-order valence-corrected chi connectivity index (χ2v) is 7.27. The summed E-state index contributed by atoms with van der Waals surface area (Å²) in [5.41, 5.74) is 3.02. The molecule has 0 amide bonds. The predicted molar refractivity (Wildman–Crippen MR) is 93.8 cm³/mol. The Bertz CT molecular complexity index is 659. The highest BCUT2D eigenvalue weighted by Gasteiger charge is 2.45. The van der Waals surface area contributed by atoms with Crippen LogP contribution in [0.25, 0.3) is 0 Å². The number of piperidine rings is 2. The highest BCUT2D eigenvalue weighted by Crippen LogP contribution is 2.47. The molecule has 2 nitrogen and oxygen atoms in total. The van der Waals surface area contributed by atoms with Gasteiger partial charge in [-0.25, -0.2) is 0 Å². The third-order valence-corrected chi connectivity index (χ3v) is 5.92. The van der Waals surface area contributed by atoms with E-state index in [9.17, 15) is 5.11 Å². The van der Waals surface area contributed by atoms with Gasteiger partial charge in [-0.1, -0.05) is 42.5 Å². The maximum atomic E-state index is 9.87. The molecule has 0 radical (unpaired) electrons. The Morgan fingerprint density at radius 3 is 2.52 bits per heavy atom. The zero-order valence-electron chi connectivity index (χ0n) is 13.6. The lowest BCUT2D eigenvalue weighted by Crippen LogP contribution is -2.56. The summed E-state index contributed by atoms with van der Waals surface area (Å²) in [6, 6.07) is 19.5. The first-order valence-corrected chi connectivity index (χ1v) is 8.83. The van der Waals surface area contributed by atoms with Gasteiger partial charge in [-0.2, -0.15) is 0 Å². The quantitative estimate of drug-likeness (QED) is 0.918. The Hall–Kier alpha value is -1.80. The van der Waals surface area contributed by atoms with E-state index in [2.05, 4.69) is 41.3 Å². The normalized spacial score (nSPS) is 27.2. The van der Waals surface area contributed by atoms with Gasteiger partial charge in [0.2, 0.25) is 0 Å². The molecule has 5 rings (SSSR count). The minimum absolute atomic E-state index is 0.254. The molecule has 2 aromatic rings. The van der Waals surface area contributed by atoms with Crippen LogP contribution in [0.4, 0.5) is 0 Å². The predicted octanol–water partition coefficient (Wildman–Crippen LogP) is 4.13. The van der Waals surface area contributed by atoms with Crippen molar-refractivity contribution in [1.82, 2.24) is 4.90 Å². The van der Waals surface area contributed by atoms with Crippen molar-refractivity contribution in [2.24, 2.45) is 0 Å². The lowest BCUT2D eigenvalue weighted by atomic mass is 9.64. The Morgan fingerprint density at radius 2 is 1.78 bits per heavy atom. The summed E-state index contributed by atoms with van der Waals surface area (Å²) in [6.45, 7) is 2.29. The summed E-state index contributed by atoms with van der Waals surface area (Å²) in [6.07, 6.45) is 6.26. The second-order valence-electron chi connectivity index (χ2n) is 7.27. The molecule has 2 aliphatic heterocycles. The van der Waals surface area contributed by atoms with Crippen LogP contribution in [-0.4, -0.2) is 29.1 Å². The van der Waals surface area contributed by atoms with Gasteiger partial charge in [-0.3, -0.25) is 4.90 Å². The Kier molecular flexibility index (Phi) is 3.86. The molecule has 2 heteroatoms. The molecule has 1 saturated carbocycles. The highest BCUT2D eigenvalue weighted by atomic mass is 16.3. The number of hydrogen-bond donors (Lipinski definition) is 1. The number of aromatic hydroxyl groups is 1. The Labute approximate surface area is 138 Å². The summed E-state index contributed by atoms with van der Waals surface area (Å²) in [7, 11) is 0. The van der Waals surface area contributed by atoms with Crippen LogP contribution in [0.1, 0.15) is 36.8 Å². The van der Waals surface area contributed by atoms with Crippen LogP contribution in [-0.2, 0) is 11.8 Å². The lowest BCUT2D eigenvalue weighted by molar-refractivity contribution is 0.0261. The van der Waals surface area contributed by atoms with Crippen LogP contribution in [0.2, 0.25) is 0 Å². The molecule has 3 aliphatic rings. The summed E-state index contributed by atoms with van der Waals surface area (Å²) < 4.78 is 0. The van der Waals surface area contributed by atoms with E-state index >= 15 is 0 Å². The topological polar surface area (TPSA) is 23.5 Å². The molecule has 0 unspecified atom stereocenters. The smallest absolute Gasteiger partial charge is 0.115 e. The maximum Gasteiger partial charge on any atom is 0.115 e. The zero-order valence-corrected chi connectivity index (χ0v) is 13.6. The van der Waals surface area contributed by atoms with Crippen LogP contribution in [0, 0.1) is 0 Å². The van der Waals surface area contributed by atoms with E-state index in [1.807, 2.05) is 12.1 Å². The standard InChI is InChI=1S/C21H25NO/c23-20-8-4-7-18(15-20)21-12-9-19(10-13-21)22(16-21)14-11-17-5-2-1-3-6-17/h1-8,15,19,23H,9-14,16H2. The maximum absolute atomic E-state index is 9.87. The number of hydrogen-bond acceptors (Lipinski definition) is 2. The van der Waals surface area contributed by atoms with Crippen LogP contribution in [0.5, 0.6) is 5.75 Å². The molecule has 2 heterocycles. The average molecular weight is 307 g/mol. The molecule has 1 N–H and O–H groups in total. The second kappa shape index (κ2) is 6.01. The first-order valence-electron chi connectivity index (χ1n) is 8.83. The van der Waals surface area contributed by atoms with E-state index < -0.39 is 0 Å². The van der Waals surface area contributed by atoms with Crippen LogP contribution in [0.3, 0.4) is 0 Å². The monoisotopic (exact) mass is 307 g/mol. The number of benzene rings is 2. The van der Waals surface area contributed by atoms with Gasteiger partial charge >= 0.3 is 0 Å². The van der Waals surface area contributed by atoms with Gasteiger partial charge in [-0.05, 0) is 55.4 Å². The number of rotatable bonds is 4. The first kappa shape index (κ1) is 14.8. The van der Waals surface area contributed by atoms with Crippen molar-refractivity contribution in [2.75, 3.05) is 13.1 Å². The summed E-state index contributed by atoms with van der Waals surface area (Å²) >= 11 is 0. The molecule has 1 aliphatic carbocycles. The molecule has 2 saturated heterocycles. The molecule has 0 aromatic heterocycles. The van der Waals surface area contributed by atoms with Crippen molar-refractivity contribution in [3.05, 3.63) is 65.7 Å². The fraction of sp³-hybridized carbons (Fsp3) is 0.429. The van der Waals surface area contributed by atoms with Crippen LogP contribution < -0.4 is 0 Å². The van der Waals surface area contributed by atoms with Gasteiger partial charge in [0.15, 0.2) is 0 Å². The van der Waals surface area contributed by atoms with E-state index in [4.69, 9.17) is 0 Å². The number of phenolic OH excluding ortho intramolecular Hbond substituents is 1. The van der Waals surface area contributed by atoms with Gasteiger partial charge < -0.3 is 5.11 Å². The van der Waals surface area contributed by atoms with E-state index in [1.54, 1.807) is 6.07 Å². The fourth-order valence-electron chi connectivity index (χ4n) is 4.59. The number of fused-ring (bicyclic) bond motifs is 3. The third-order valence-electron chi connectivity index (χ3n) is 5.92. The van der Waals surface area contributed by atoms with Crippen molar-refractivity contribution in [3.8, 4) is 5.75 Å². The average Bonchev–Trinajstić information content (AvgIpc) is 2.62. The van der Waals surface area contributed by atoms with Crippen molar-refractivity contribution in [2.45, 2.75) is 43.6 Å². The van der Waals surface area contributed by atoms with Gasteiger partial charge in [0.25, 0.3) is 0 Å². The molecule has 2 bridgehead atoms. The van der Waals surface area contributed by atoms with E-state index in [0.717, 1.165) is 25.6 Å². The molecule has 23 heavy (non-hydrogen) atoms. The summed E-state index contributed by atoms with van der Waals surface area (Å²) in [5.74, 6) is 0.403. The van der Waals surface area contributed by atoms with E-state index in [1.165, 1.54) is 36.8 Å². The van der Waals surface area contributed by atoms with Crippen molar-refractivity contribution in [3.63, 3.8) is 0 Å². The molecule has 120 valence electrons. The molecular formula is C21H25NO. The summed E-state index contributed by atoms with van der Waals surface area (Å²) in [5, 5.41) is 9.87. The molecule has 2 aromatic carbocycles. The minimum Gasteiger partial charge on any atom is -0.508 e. The zero-order chi connectivity index (χ0) is 15.7. The lowest BCUT2D eigenvalue weighted by Gasteiger charge is -2.53. The van der Waals surface area contributed by atoms with Crippen LogP contribution >= 0.6 is 0 Å². The first-order chi connectivity index (χ1) is 11.3. The molecule has 0 atom stereocenters. The van der Waals surface area contributed by atoms with Gasteiger partial charge in [0, 0.05) is 24.5 Å². The van der Waals surface area contributed by atoms with Gasteiger partial charge in [0.1, 0.15) is 5.75 Å². The van der Waals surface area contributed by atoms with E-state index in [0.29, 0.717) is 5.75 Å². The number of phenols is 1. The SMILES string of the molecule is Oc1cccc(C23CCC(CC2)N(CCc2ccccc2)C3)c1. The van der Waals surface area contributed by atoms with E-state index in [-0.39, 0.29) is 5.41 Å². The largest absolute Gasteiger partial charge is 0.508 e. The fourth-order valence-corrected chi connectivity index (χ4v) is 4.59. The third kappa shape index (κ3) is 2.88. The summed E-state index contributed by atoms with van der Waals surface area (Å²) in [4.78, 5) is 2.70. The minimum atomic E-state index is 0.254. The Balaban J connectivity index is 1.50.